The Hall–Kier alpha value is -0.890. The fraction of sp³-hybridized carbons (Fsp3) is 0.375. The Morgan fingerprint density at radius 3 is 2.60 bits per heavy atom. The minimum atomic E-state index is 0.576. The number of nitrogens with two attached hydrogens (primary N) is 1. The standard InChI is InChI=1S/C8H14N2/c1-3-8(7-9)5-6-10-4-2/h3-6H,7,9H2,1-2H3/b6-5-,8-3+,10-4-. The molecule has 10 heavy (non-hydrogen) atoms. The smallest absolute Gasteiger partial charge is 0.0266 e. The first-order valence-electron chi connectivity index (χ1n) is 3.34. The molecular formula is C8H14N2. The number of allylic oxidation sites excluding steroid dienone is 1. The summed E-state index contributed by atoms with van der Waals surface area (Å²) in [4.78, 5) is 3.91. The van der Waals surface area contributed by atoms with Crippen LogP contribution in [-0.2, 0) is 0 Å². The van der Waals surface area contributed by atoms with Gasteiger partial charge in [0.15, 0.2) is 0 Å². The molecule has 2 heteroatoms. The molecule has 0 spiro atoms. The van der Waals surface area contributed by atoms with Crippen molar-refractivity contribution < 1.29 is 0 Å². The molecular weight excluding hydrogens is 124 g/mol. The van der Waals surface area contributed by atoms with Crippen molar-refractivity contribution in [1.29, 1.82) is 0 Å². The summed E-state index contributed by atoms with van der Waals surface area (Å²) in [5.41, 5.74) is 6.50. The van der Waals surface area contributed by atoms with Gasteiger partial charge in [-0.05, 0) is 25.5 Å². The molecule has 56 valence electrons. The topological polar surface area (TPSA) is 38.4 Å². The summed E-state index contributed by atoms with van der Waals surface area (Å²) >= 11 is 0. The number of nitrogens with zero attached hydrogens (tertiary/aromatic N) is 1. The van der Waals surface area contributed by atoms with Crippen LogP contribution in [0.2, 0.25) is 0 Å². The van der Waals surface area contributed by atoms with Crippen molar-refractivity contribution in [3.63, 3.8) is 0 Å². The van der Waals surface area contributed by atoms with E-state index in [-0.39, 0.29) is 0 Å². The Bertz CT molecular complexity index is 155. The highest BCUT2D eigenvalue weighted by molar-refractivity contribution is 5.54. The number of rotatable bonds is 3. The second kappa shape index (κ2) is 6.23. The van der Waals surface area contributed by atoms with E-state index in [1.165, 1.54) is 0 Å². The summed E-state index contributed by atoms with van der Waals surface area (Å²) in [5, 5.41) is 0. The predicted octanol–water partition coefficient (Wildman–Crippen LogP) is 1.50. The van der Waals surface area contributed by atoms with Crippen LogP contribution in [0.3, 0.4) is 0 Å². The van der Waals surface area contributed by atoms with Crippen molar-refractivity contribution in [2.45, 2.75) is 13.8 Å². The number of aliphatic imine (C=N–C) groups is 1. The van der Waals surface area contributed by atoms with Gasteiger partial charge in [0.05, 0.1) is 0 Å². The van der Waals surface area contributed by atoms with Crippen LogP contribution in [0.25, 0.3) is 0 Å². The minimum Gasteiger partial charge on any atom is -0.327 e. The Balaban J connectivity index is 3.85. The lowest BCUT2D eigenvalue weighted by atomic mass is 10.2. The zero-order valence-electron chi connectivity index (χ0n) is 6.54. The Kier molecular flexibility index (Phi) is 5.68. The molecule has 0 saturated heterocycles. The van der Waals surface area contributed by atoms with Gasteiger partial charge >= 0.3 is 0 Å². The van der Waals surface area contributed by atoms with E-state index < -0.39 is 0 Å². The Labute approximate surface area is 62.1 Å². The molecule has 0 rings (SSSR count). The van der Waals surface area contributed by atoms with Crippen LogP contribution in [0.1, 0.15) is 13.8 Å². The largest absolute Gasteiger partial charge is 0.327 e. The van der Waals surface area contributed by atoms with E-state index in [1.54, 1.807) is 12.4 Å². The summed E-state index contributed by atoms with van der Waals surface area (Å²) < 4.78 is 0. The van der Waals surface area contributed by atoms with Gasteiger partial charge in [0.2, 0.25) is 0 Å². The molecule has 0 aromatic heterocycles. The lowest BCUT2D eigenvalue weighted by Gasteiger charge is -1.90. The van der Waals surface area contributed by atoms with Crippen molar-refractivity contribution in [1.82, 2.24) is 0 Å². The molecule has 0 aliphatic carbocycles. The average Bonchev–Trinajstić information content (AvgIpc) is 1.99. The SMILES string of the molecule is C\C=N/C=C\C(=C/C)CN. The third kappa shape index (κ3) is 4.04. The van der Waals surface area contributed by atoms with Gasteiger partial charge in [-0.2, -0.15) is 0 Å². The molecule has 0 aliphatic rings. The number of hydrogen-bond acceptors (Lipinski definition) is 2. The molecule has 0 aliphatic heterocycles. The van der Waals surface area contributed by atoms with Crippen molar-refractivity contribution in [2.24, 2.45) is 10.7 Å². The van der Waals surface area contributed by atoms with Gasteiger partial charge < -0.3 is 5.73 Å². The monoisotopic (exact) mass is 138 g/mol. The van der Waals surface area contributed by atoms with Gasteiger partial charge in [-0.1, -0.05) is 6.08 Å². The summed E-state index contributed by atoms with van der Waals surface area (Å²) in [6, 6.07) is 0. The third-order valence-corrected chi connectivity index (χ3v) is 1.13. The predicted molar refractivity (Wildman–Crippen MR) is 46.1 cm³/mol. The highest BCUT2D eigenvalue weighted by Crippen LogP contribution is 1.92. The van der Waals surface area contributed by atoms with E-state index >= 15 is 0 Å². The molecule has 0 heterocycles. The maximum absolute atomic E-state index is 5.39. The van der Waals surface area contributed by atoms with Crippen LogP contribution < -0.4 is 5.73 Å². The first-order valence-corrected chi connectivity index (χ1v) is 3.34. The Morgan fingerprint density at radius 2 is 2.20 bits per heavy atom. The fourth-order valence-electron chi connectivity index (χ4n) is 0.507. The van der Waals surface area contributed by atoms with Crippen LogP contribution in [-0.4, -0.2) is 12.8 Å². The van der Waals surface area contributed by atoms with Crippen LogP contribution in [0.5, 0.6) is 0 Å². The zero-order valence-corrected chi connectivity index (χ0v) is 6.54. The lowest BCUT2D eigenvalue weighted by Crippen LogP contribution is -1.99. The van der Waals surface area contributed by atoms with Crippen LogP contribution >= 0.6 is 0 Å². The van der Waals surface area contributed by atoms with Gasteiger partial charge in [0, 0.05) is 19.0 Å². The van der Waals surface area contributed by atoms with Gasteiger partial charge in [-0.15, -0.1) is 0 Å². The molecule has 2 nitrogen and oxygen atoms in total. The quantitative estimate of drug-likeness (QED) is 0.465. The van der Waals surface area contributed by atoms with E-state index in [1.807, 2.05) is 26.0 Å². The third-order valence-electron chi connectivity index (χ3n) is 1.13. The van der Waals surface area contributed by atoms with Crippen LogP contribution in [0.15, 0.2) is 28.9 Å². The zero-order chi connectivity index (χ0) is 7.82. The van der Waals surface area contributed by atoms with E-state index in [0.717, 1.165) is 5.57 Å². The van der Waals surface area contributed by atoms with Gasteiger partial charge in [-0.3, -0.25) is 4.99 Å². The summed E-state index contributed by atoms with van der Waals surface area (Å²) in [5.74, 6) is 0. The second-order valence-corrected chi connectivity index (χ2v) is 1.79. The van der Waals surface area contributed by atoms with Crippen molar-refractivity contribution in [3.8, 4) is 0 Å². The van der Waals surface area contributed by atoms with E-state index in [0.29, 0.717) is 6.54 Å². The van der Waals surface area contributed by atoms with Crippen LogP contribution in [0, 0.1) is 0 Å². The maximum atomic E-state index is 5.39. The molecule has 0 fully saturated rings. The van der Waals surface area contributed by atoms with Gasteiger partial charge in [0.25, 0.3) is 0 Å². The molecule has 0 unspecified atom stereocenters. The highest BCUT2D eigenvalue weighted by atomic mass is 14.7. The molecule has 0 aromatic carbocycles. The number of hydrogen-bond donors (Lipinski definition) is 1. The summed E-state index contributed by atoms with van der Waals surface area (Å²) in [7, 11) is 0. The van der Waals surface area contributed by atoms with E-state index in [9.17, 15) is 0 Å². The van der Waals surface area contributed by atoms with E-state index in [4.69, 9.17) is 5.73 Å². The van der Waals surface area contributed by atoms with E-state index in [2.05, 4.69) is 4.99 Å². The second-order valence-electron chi connectivity index (χ2n) is 1.79. The normalized spacial score (nSPS) is 13.7. The summed E-state index contributed by atoms with van der Waals surface area (Å²) in [6.07, 6.45) is 7.35. The molecule has 2 N–H and O–H groups in total. The lowest BCUT2D eigenvalue weighted by molar-refractivity contribution is 1.18. The molecule has 0 amide bonds. The molecule has 0 aromatic rings. The molecule has 0 radical (unpaired) electrons. The first kappa shape index (κ1) is 9.11. The van der Waals surface area contributed by atoms with Crippen molar-refractivity contribution in [3.05, 3.63) is 23.9 Å². The van der Waals surface area contributed by atoms with Crippen molar-refractivity contribution >= 4 is 6.21 Å². The van der Waals surface area contributed by atoms with Crippen molar-refractivity contribution in [2.75, 3.05) is 6.54 Å². The summed E-state index contributed by atoms with van der Waals surface area (Å²) in [6.45, 7) is 4.41. The maximum Gasteiger partial charge on any atom is 0.0266 e. The highest BCUT2D eigenvalue weighted by Gasteiger charge is 1.81. The minimum absolute atomic E-state index is 0.576. The van der Waals surface area contributed by atoms with Gasteiger partial charge in [0.1, 0.15) is 0 Å². The van der Waals surface area contributed by atoms with Gasteiger partial charge in [-0.25, -0.2) is 0 Å². The fourth-order valence-corrected chi connectivity index (χ4v) is 0.507. The first-order chi connectivity index (χ1) is 4.85. The molecule has 0 bridgehead atoms. The van der Waals surface area contributed by atoms with Crippen LogP contribution in [0.4, 0.5) is 0 Å². The Morgan fingerprint density at radius 1 is 1.50 bits per heavy atom. The molecule has 0 atom stereocenters. The average molecular weight is 138 g/mol. The molecule has 0 saturated carbocycles.